The highest BCUT2D eigenvalue weighted by molar-refractivity contribution is 5.79. The van der Waals surface area contributed by atoms with Gasteiger partial charge in [-0.1, -0.05) is 6.42 Å². The average molecular weight is 369 g/mol. The highest BCUT2D eigenvalue weighted by Gasteiger charge is 2.30. The van der Waals surface area contributed by atoms with Gasteiger partial charge in [-0.05, 0) is 32.3 Å². The topological polar surface area (TPSA) is 88.0 Å². The fourth-order valence-corrected chi connectivity index (χ4v) is 3.66. The first-order valence-corrected chi connectivity index (χ1v) is 9.74. The molecule has 0 bridgehead atoms. The number of aryl methyl sites for hydroxylation is 2. The molecular formula is C19H27N7O. The van der Waals surface area contributed by atoms with E-state index in [2.05, 4.69) is 31.3 Å². The fraction of sp³-hybridized carbons (Fsp3) is 0.579. The molecule has 144 valence electrons. The number of nitrogens with zero attached hydrogens (tertiary/aromatic N) is 5. The number of amides is 1. The number of fused-ring (bicyclic) bond motifs is 1. The van der Waals surface area contributed by atoms with E-state index in [1.165, 1.54) is 6.42 Å². The van der Waals surface area contributed by atoms with E-state index in [0.29, 0.717) is 24.9 Å². The molecule has 1 fully saturated rings. The van der Waals surface area contributed by atoms with Gasteiger partial charge in [-0.3, -0.25) is 9.48 Å². The minimum atomic E-state index is 0.253. The molecule has 8 nitrogen and oxygen atoms in total. The monoisotopic (exact) mass is 369 g/mol. The summed E-state index contributed by atoms with van der Waals surface area (Å²) in [5.41, 5.74) is 2.99. The maximum absolute atomic E-state index is 12.6. The van der Waals surface area contributed by atoms with Gasteiger partial charge >= 0.3 is 0 Å². The van der Waals surface area contributed by atoms with E-state index < -0.39 is 0 Å². The lowest BCUT2D eigenvalue weighted by atomic mass is 9.84. The second-order valence-electron chi connectivity index (χ2n) is 7.41. The van der Waals surface area contributed by atoms with Crippen LogP contribution in [0.5, 0.6) is 0 Å². The van der Waals surface area contributed by atoms with Gasteiger partial charge in [0, 0.05) is 37.8 Å². The summed E-state index contributed by atoms with van der Waals surface area (Å²) in [6.45, 7) is 4.90. The predicted octanol–water partition coefficient (Wildman–Crippen LogP) is 2.17. The molecule has 0 atom stereocenters. The zero-order valence-corrected chi connectivity index (χ0v) is 16.0. The molecule has 0 aromatic carbocycles. The van der Waals surface area contributed by atoms with Crippen LogP contribution in [-0.4, -0.2) is 44.1 Å². The Balaban J connectivity index is 1.43. The van der Waals surface area contributed by atoms with Crippen molar-refractivity contribution in [1.82, 2.24) is 24.6 Å². The van der Waals surface area contributed by atoms with Gasteiger partial charge in [0.25, 0.3) is 0 Å². The predicted molar refractivity (Wildman–Crippen MR) is 103 cm³/mol. The third kappa shape index (κ3) is 3.89. The molecule has 3 heterocycles. The maximum Gasteiger partial charge on any atom is 0.226 e. The molecule has 1 aliphatic carbocycles. The van der Waals surface area contributed by atoms with Crippen LogP contribution in [0, 0.1) is 12.8 Å². The van der Waals surface area contributed by atoms with Gasteiger partial charge in [-0.15, -0.1) is 0 Å². The zero-order chi connectivity index (χ0) is 18.8. The van der Waals surface area contributed by atoms with Crippen LogP contribution in [0.1, 0.15) is 42.8 Å². The van der Waals surface area contributed by atoms with Gasteiger partial charge in [0.05, 0.1) is 24.5 Å². The van der Waals surface area contributed by atoms with Crippen molar-refractivity contribution >= 4 is 17.7 Å². The summed E-state index contributed by atoms with van der Waals surface area (Å²) in [4.78, 5) is 23.4. The second kappa shape index (κ2) is 7.54. The summed E-state index contributed by atoms with van der Waals surface area (Å²) >= 11 is 0. The summed E-state index contributed by atoms with van der Waals surface area (Å²) < 4.78 is 2.05. The van der Waals surface area contributed by atoms with Crippen LogP contribution < -0.4 is 10.6 Å². The molecule has 1 aliphatic heterocycles. The van der Waals surface area contributed by atoms with Gasteiger partial charge in [-0.25, -0.2) is 4.98 Å². The number of nitrogens with one attached hydrogen (secondary N) is 2. The summed E-state index contributed by atoms with van der Waals surface area (Å²) in [5, 5.41) is 11.0. The molecule has 0 spiro atoms. The molecule has 1 saturated carbocycles. The van der Waals surface area contributed by atoms with Gasteiger partial charge in [0.15, 0.2) is 0 Å². The highest BCUT2D eigenvalue weighted by atomic mass is 16.2. The Morgan fingerprint density at radius 3 is 2.81 bits per heavy atom. The standard InChI is InChI=1S/C19H27N7O/c1-13-9-17(23-19(20-2)22-13)21-11-15-10-16-12-25(7-4-8-26(16)24-15)18(27)14-5-3-6-14/h9-10,14H,3-8,11-12H2,1-2H3,(H2,20,21,22,23). The quantitative estimate of drug-likeness (QED) is 0.840. The molecule has 8 heteroatoms. The van der Waals surface area contributed by atoms with Crippen LogP contribution in [0.25, 0.3) is 0 Å². The summed E-state index contributed by atoms with van der Waals surface area (Å²) in [6, 6.07) is 4.02. The first kappa shape index (κ1) is 17.8. The minimum absolute atomic E-state index is 0.253. The molecule has 0 unspecified atom stereocenters. The van der Waals surface area contributed by atoms with Crippen molar-refractivity contribution in [3.8, 4) is 0 Å². The summed E-state index contributed by atoms with van der Waals surface area (Å²) in [5.74, 6) is 1.95. The molecule has 1 amide bonds. The normalized spacial score (nSPS) is 17.0. The second-order valence-corrected chi connectivity index (χ2v) is 7.41. The maximum atomic E-state index is 12.6. The Morgan fingerprint density at radius 2 is 2.07 bits per heavy atom. The largest absolute Gasteiger partial charge is 0.364 e. The molecule has 2 aromatic heterocycles. The number of carbonyl (C=O) groups excluding carboxylic acids is 1. The van der Waals surface area contributed by atoms with Crippen LogP contribution in [0.4, 0.5) is 11.8 Å². The highest BCUT2D eigenvalue weighted by Crippen LogP contribution is 2.29. The molecule has 0 radical (unpaired) electrons. The van der Waals surface area contributed by atoms with Crippen molar-refractivity contribution in [2.24, 2.45) is 5.92 Å². The lowest BCUT2D eigenvalue weighted by Crippen LogP contribution is -2.38. The number of rotatable bonds is 5. The molecular weight excluding hydrogens is 342 g/mol. The van der Waals surface area contributed by atoms with Crippen molar-refractivity contribution in [2.75, 3.05) is 24.2 Å². The van der Waals surface area contributed by atoms with Gasteiger partial charge < -0.3 is 15.5 Å². The Labute approximate surface area is 159 Å². The summed E-state index contributed by atoms with van der Waals surface area (Å²) in [7, 11) is 1.81. The van der Waals surface area contributed by atoms with Gasteiger partial charge in [-0.2, -0.15) is 10.1 Å². The van der Waals surface area contributed by atoms with Crippen molar-refractivity contribution in [3.05, 3.63) is 29.2 Å². The molecule has 2 aromatic rings. The molecule has 27 heavy (non-hydrogen) atoms. The first-order chi connectivity index (χ1) is 13.1. The number of hydrogen-bond donors (Lipinski definition) is 2. The Bertz CT molecular complexity index is 827. The number of aromatic nitrogens is 4. The Morgan fingerprint density at radius 1 is 1.22 bits per heavy atom. The zero-order valence-electron chi connectivity index (χ0n) is 16.0. The van der Waals surface area contributed by atoms with Crippen molar-refractivity contribution in [2.45, 2.75) is 52.2 Å². The van der Waals surface area contributed by atoms with Crippen molar-refractivity contribution in [1.29, 1.82) is 0 Å². The summed E-state index contributed by atoms with van der Waals surface area (Å²) in [6.07, 6.45) is 4.25. The van der Waals surface area contributed by atoms with Crippen LogP contribution >= 0.6 is 0 Å². The molecule has 0 saturated heterocycles. The van der Waals surface area contributed by atoms with Crippen LogP contribution in [0.15, 0.2) is 12.1 Å². The van der Waals surface area contributed by atoms with Crippen LogP contribution in [-0.2, 0) is 24.4 Å². The smallest absolute Gasteiger partial charge is 0.226 e. The van der Waals surface area contributed by atoms with Gasteiger partial charge in [0.2, 0.25) is 11.9 Å². The van der Waals surface area contributed by atoms with E-state index in [1.54, 1.807) is 0 Å². The number of carbonyl (C=O) groups is 1. The Kier molecular flexibility index (Phi) is 4.96. The average Bonchev–Trinajstić information content (AvgIpc) is 2.88. The lowest BCUT2D eigenvalue weighted by Gasteiger charge is -2.30. The molecule has 4 rings (SSSR count). The van der Waals surface area contributed by atoms with Crippen molar-refractivity contribution in [3.63, 3.8) is 0 Å². The van der Waals surface area contributed by atoms with Crippen LogP contribution in [0.2, 0.25) is 0 Å². The van der Waals surface area contributed by atoms with Crippen molar-refractivity contribution < 1.29 is 4.79 Å². The van der Waals surface area contributed by atoms with Gasteiger partial charge in [0.1, 0.15) is 5.82 Å². The van der Waals surface area contributed by atoms with E-state index in [9.17, 15) is 4.79 Å². The molecule has 2 N–H and O–H groups in total. The van der Waals surface area contributed by atoms with E-state index in [-0.39, 0.29) is 5.92 Å². The Hall–Kier alpha value is -2.64. The van der Waals surface area contributed by atoms with E-state index in [4.69, 9.17) is 5.10 Å². The van der Waals surface area contributed by atoms with Crippen LogP contribution in [0.3, 0.4) is 0 Å². The minimum Gasteiger partial charge on any atom is -0.364 e. The SMILES string of the molecule is CNc1nc(C)cc(NCc2cc3n(n2)CCCN(C(=O)C2CCC2)C3)n1. The first-order valence-electron chi connectivity index (χ1n) is 9.74. The molecule has 2 aliphatic rings. The number of anilines is 2. The third-order valence-electron chi connectivity index (χ3n) is 5.36. The number of hydrogen-bond acceptors (Lipinski definition) is 6. The third-order valence-corrected chi connectivity index (χ3v) is 5.36. The lowest BCUT2D eigenvalue weighted by molar-refractivity contribution is -0.138. The van der Waals surface area contributed by atoms with E-state index in [0.717, 1.165) is 55.3 Å². The van der Waals surface area contributed by atoms with E-state index >= 15 is 0 Å². The van der Waals surface area contributed by atoms with E-state index in [1.807, 2.05) is 24.9 Å². The fourth-order valence-electron chi connectivity index (χ4n) is 3.66.